The summed E-state index contributed by atoms with van der Waals surface area (Å²) in [5.41, 5.74) is 3.01. The largest absolute Gasteiger partial charge is 0.486 e. The molecule has 9 nitrogen and oxygen atoms in total. The molecular formula is C23H22N8OS. The number of benzene rings is 2. The molecule has 0 saturated carbocycles. The van der Waals surface area contributed by atoms with Crippen molar-refractivity contribution in [1.29, 1.82) is 0 Å². The summed E-state index contributed by atoms with van der Waals surface area (Å²) in [6, 6.07) is 22.1. The molecule has 1 unspecified atom stereocenters. The standard InChI is InChI=1S/C23H22N8OS/c1-3-17-9-11-19(12-10-17)32-15-21-24-26-23(30(21)16(2)18-7-5-4-6-8-18)33-22-14-13-20-25-28-29-31(20)27-22/h4-14,16H,3,15H2,1-2H3. The second-order valence-corrected chi connectivity index (χ2v) is 8.43. The minimum absolute atomic E-state index is 0.00142. The lowest BCUT2D eigenvalue weighted by atomic mass is 10.1. The zero-order valence-corrected chi connectivity index (χ0v) is 19.1. The number of ether oxygens (including phenoxy) is 1. The molecule has 5 aromatic rings. The lowest BCUT2D eigenvalue weighted by molar-refractivity contribution is 0.285. The summed E-state index contributed by atoms with van der Waals surface area (Å²) in [5, 5.41) is 26.2. The molecule has 0 bridgehead atoms. The number of fused-ring (bicyclic) bond motifs is 1. The van der Waals surface area contributed by atoms with Gasteiger partial charge < -0.3 is 4.74 Å². The average molecular weight is 459 g/mol. The number of hydrogen-bond acceptors (Lipinski definition) is 8. The van der Waals surface area contributed by atoms with Crippen LogP contribution in [0.5, 0.6) is 5.75 Å². The third-order valence-corrected chi connectivity index (χ3v) is 6.23. The summed E-state index contributed by atoms with van der Waals surface area (Å²) >= 11 is 1.41. The van der Waals surface area contributed by atoms with Gasteiger partial charge in [0.1, 0.15) is 17.4 Å². The number of nitrogens with zero attached hydrogens (tertiary/aromatic N) is 8. The molecule has 0 saturated heterocycles. The lowest BCUT2D eigenvalue weighted by Gasteiger charge is -2.18. The van der Waals surface area contributed by atoms with Crippen molar-refractivity contribution in [1.82, 2.24) is 40.0 Å². The van der Waals surface area contributed by atoms with Gasteiger partial charge in [-0.2, -0.15) is 0 Å². The third kappa shape index (κ3) is 4.56. The summed E-state index contributed by atoms with van der Waals surface area (Å²) in [5.74, 6) is 1.53. The summed E-state index contributed by atoms with van der Waals surface area (Å²) in [6.45, 7) is 4.56. The normalized spacial score (nSPS) is 12.2. The van der Waals surface area contributed by atoms with Gasteiger partial charge in [-0.3, -0.25) is 4.57 Å². The summed E-state index contributed by atoms with van der Waals surface area (Å²) in [6.07, 6.45) is 0.994. The van der Waals surface area contributed by atoms with Gasteiger partial charge in [0.25, 0.3) is 0 Å². The van der Waals surface area contributed by atoms with Crippen LogP contribution >= 0.6 is 11.8 Å². The Bertz CT molecular complexity index is 1350. The van der Waals surface area contributed by atoms with Crippen LogP contribution in [0, 0.1) is 0 Å². The van der Waals surface area contributed by atoms with Crippen LogP contribution < -0.4 is 4.74 Å². The van der Waals surface area contributed by atoms with Crippen LogP contribution in [-0.2, 0) is 13.0 Å². The molecule has 0 N–H and O–H groups in total. The van der Waals surface area contributed by atoms with E-state index in [4.69, 9.17) is 4.74 Å². The Kier molecular flexibility index (Phi) is 5.99. The van der Waals surface area contributed by atoms with E-state index in [9.17, 15) is 0 Å². The SMILES string of the molecule is CCc1ccc(OCc2nnc(Sc3ccc4nnnn4n3)n2C(C)c2ccccc2)cc1. The molecule has 0 amide bonds. The van der Waals surface area contributed by atoms with E-state index in [0.717, 1.165) is 23.6 Å². The first-order chi connectivity index (χ1) is 16.2. The van der Waals surface area contributed by atoms with Crippen molar-refractivity contribution in [3.05, 3.63) is 83.7 Å². The molecule has 0 radical (unpaired) electrons. The minimum atomic E-state index is 0.00142. The molecule has 0 fully saturated rings. The van der Waals surface area contributed by atoms with Gasteiger partial charge in [0.2, 0.25) is 0 Å². The first kappa shape index (κ1) is 21.1. The molecule has 10 heteroatoms. The molecule has 0 spiro atoms. The molecular weight excluding hydrogens is 436 g/mol. The highest BCUT2D eigenvalue weighted by molar-refractivity contribution is 7.99. The van der Waals surface area contributed by atoms with E-state index in [1.54, 1.807) is 0 Å². The quantitative estimate of drug-likeness (QED) is 0.344. The van der Waals surface area contributed by atoms with Gasteiger partial charge >= 0.3 is 0 Å². The van der Waals surface area contributed by atoms with E-state index in [1.165, 1.54) is 22.0 Å². The Hall–Kier alpha value is -3.79. The Morgan fingerprint density at radius 3 is 2.55 bits per heavy atom. The maximum atomic E-state index is 6.05. The third-order valence-electron chi connectivity index (χ3n) is 5.34. The topological polar surface area (TPSA) is 95.9 Å². The van der Waals surface area contributed by atoms with E-state index >= 15 is 0 Å². The molecule has 1 atom stereocenters. The lowest BCUT2D eigenvalue weighted by Crippen LogP contribution is -2.14. The molecule has 3 heterocycles. The summed E-state index contributed by atoms with van der Waals surface area (Å²) in [7, 11) is 0. The highest BCUT2D eigenvalue weighted by Gasteiger charge is 2.21. The zero-order chi connectivity index (χ0) is 22.6. The van der Waals surface area contributed by atoms with E-state index in [-0.39, 0.29) is 6.04 Å². The van der Waals surface area contributed by atoms with E-state index in [2.05, 4.69) is 73.5 Å². The predicted octanol–water partition coefficient (Wildman–Crippen LogP) is 4.01. The van der Waals surface area contributed by atoms with Gasteiger partial charge in [-0.1, -0.05) is 49.4 Å². The fourth-order valence-corrected chi connectivity index (χ4v) is 4.38. The van der Waals surface area contributed by atoms with Crippen molar-refractivity contribution in [2.45, 2.75) is 43.1 Å². The zero-order valence-electron chi connectivity index (χ0n) is 18.2. The number of tetrazole rings is 1. The molecule has 166 valence electrons. The number of hydrogen-bond donors (Lipinski definition) is 0. The van der Waals surface area contributed by atoms with Crippen molar-refractivity contribution < 1.29 is 4.74 Å². The first-order valence-electron chi connectivity index (χ1n) is 10.6. The van der Waals surface area contributed by atoms with Gasteiger partial charge in [0.15, 0.2) is 16.6 Å². The molecule has 0 aliphatic rings. The molecule has 3 aromatic heterocycles. The Morgan fingerprint density at radius 2 is 1.76 bits per heavy atom. The average Bonchev–Trinajstić information content (AvgIpc) is 3.49. The van der Waals surface area contributed by atoms with Gasteiger partial charge in [-0.05, 0) is 70.9 Å². The first-order valence-corrected chi connectivity index (χ1v) is 11.5. The summed E-state index contributed by atoms with van der Waals surface area (Å²) in [4.78, 5) is 0. The molecule has 0 aliphatic heterocycles. The molecule has 2 aromatic carbocycles. The van der Waals surface area contributed by atoms with Crippen LogP contribution in [0.15, 0.2) is 76.9 Å². The summed E-state index contributed by atoms with van der Waals surface area (Å²) < 4.78 is 9.54. The van der Waals surface area contributed by atoms with Crippen LogP contribution in [0.3, 0.4) is 0 Å². The second kappa shape index (κ2) is 9.37. The van der Waals surface area contributed by atoms with Gasteiger partial charge in [-0.15, -0.1) is 25.0 Å². The molecule has 33 heavy (non-hydrogen) atoms. The van der Waals surface area contributed by atoms with Crippen LogP contribution in [0.25, 0.3) is 5.65 Å². The van der Waals surface area contributed by atoms with E-state index in [0.29, 0.717) is 22.4 Å². The van der Waals surface area contributed by atoms with Crippen molar-refractivity contribution in [3.63, 3.8) is 0 Å². The monoisotopic (exact) mass is 458 g/mol. The van der Waals surface area contributed by atoms with Gasteiger partial charge in [0.05, 0.1) is 6.04 Å². The Morgan fingerprint density at radius 1 is 0.939 bits per heavy atom. The Balaban J connectivity index is 1.45. The predicted molar refractivity (Wildman–Crippen MR) is 123 cm³/mol. The van der Waals surface area contributed by atoms with Crippen molar-refractivity contribution in [2.24, 2.45) is 0 Å². The van der Waals surface area contributed by atoms with Gasteiger partial charge in [-0.25, -0.2) is 0 Å². The van der Waals surface area contributed by atoms with E-state index in [1.807, 2.05) is 42.5 Å². The number of aromatic nitrogens is 8. The van der Waals surface area contributed by atoms with Crippen LogP contribution in [0.4, 0.5) is 0 Å². The molecule has 5 rings (SSSR count). The fourth-order valence-electron chi connectivity index (χ4n) is 3.50. The smallest absolute Gasteiger partial charge is 0.200 e. The van der Waals surface area contributed by atoms with Crippen LogP contribution in [0.1, 0.15) is 36.8 Å². The highest BCUT2D eigenvalue weighted by Crippen LogP contribution is 2.30. The van der Waals surface area contributed by atoms with Crippen molar-refractivity contribution >= 4 is 17.4 Å². The fraction of sp³-hybridized carbons (Fsp3) is 0.217. The maximum absolute atomic E-state index is 6.05. The molecule has 0 aliphatic carbocycles. The maximum Gasteiger partial charge on any atom is 0.200 e. The van der Waals surface area contributed by atoms with Crippen molar-refractivity contribution in [3.8, 4) is 5.75 Å². The number of rotatable bonds is 8. The van der Waals surface area contributed by atoms with Crippen LogP contribution in [-0.4, -0.2) is 40.0 Å². The number of aryl methyl sites for hydroxylation is 1. The van der Waals surface area contributed by atoms with Gasteiger partial charge in [0, 0.05) is 0 Å². The van der Waals surface area contributed by atoms with Crippen molar-refractivity contribution in [2.75, 3.05) is 0 Å². The minimum Gasteiger partial charge on any atom is -0.486 e. The van der Waals surface area contributed by atoms with E-state index < -0.39 is 0 Å². The Labute approximate surface area is 194 Å². The second-order valence-electron chi connectivity index (χ2n) is 7.44. The van der Waals surface area contributed by atoms with Crippen LogP contribution in [0.2, 0.25) is 0 Å². The highest BCUT2D eigenvalue weighted by atomic mass is 32.2.